The van der Waals surface area contributed by atoms with Crippen molar-refractivity contribution < 1.29 is 18.0 Å². The molecule has 1 aromatic carbocycles. The van der Waals surface area contributed by atoms with E-state index in [0.29, 0.717) is 12.1 Å². The lowest BCUT2D eigenvalue weighted by Crippen LogP contribution is -2.36. The Morgan fingerprint density at radius 1 is 1.38 bits per heavy atom. The van der Waals surface area contributed by atoms with Crippen LogP contribution >= 0.6 is 15.9 Å². The number of benzene rings is 1. The number of nitrogens with zero attached hydrogens (tertiary/aromatic N) is 1. The van der Waals surface area contributed by atoms with Crippen molar-refractivity contribution in [3.8, 4) is 0 Å². The van der Waals surface area contributed by atoms with Crippen LogP contribution in [0.1, 0.15) is 18.4 Å². The zero-order valence-electron chi connectivity index (χ0n) is 13.7. The topological polar surface area (TPSA) is 83.6 Å². The SMILES string of the molecule is Cc1cc(Br)ccc1NC(=O)CN(C)C(=O)CC1CCS(=O)(=O)C1. The van der Waals surface area contributed by atoms with Crippen LogP contribution in [-0.4, -0.2) is 50.2 Å². The van der Waals surface area contributed by atoms with Crippen LogP contribution in [0.4, 0.5) is 5.69 Å². The van der Waals surface area contributed by atoms with Crippen LogP contribution in [0.25, 0.3) is 0 Å². The number of amides is 2. The van der Waals surface area contributed by atoms with Crippen molar-refractivity contribution in [1.29, 1.82) is 0 Å². The van der Waals surface area contributed by atoms with Crippen molar-refractivity contribution in [3.05, 3.63) is 28.2 Å². The normalized spacial score (nSPS) is 19.0. The highest BCUT2D eigenvalue weighted by molar-refractivity contribution is 9.10. The van der Waals surface area contributed by atoms with Crippen molar-refractivity contribution in [3.63, 3.8) is 0 Å². The molecule has 1 atom stereocenters. The number of nitrogens with one attached hydrogen (secondary N) is 1. The van der Waals surface area contributed by atoms with E-state index in [-0.39, 0.29) is 42.2 Å². The number of sulfone groups is 1. The first kappa shape index (κ1) is 18.9. The van der Waals surface area contributed by atoms with Crippen molar-refractivity contribution >= 4 is 43.3 Å². The summed E-state index contributed by atoms with van der Waals surface area (Å²) >= 11 is 3.36. The second kappa shape index (κ2) is 7.65. The first-order valence-corrected chi connectivity index (χ1v) is 10.3. The first-order valence-electron chi connectivity index (χ1n) is 7.66. The Labute approximate surface area is 150 Å². The Morgan fingerprint density at radius 3 is 2.67 bits per heavy atom. The van der Waals surface area contributed by atoms with E-state index in [1.54, 1.807) is 13.1 Å². The summed E-state index contributed by atoms with van der Waals surface area (Å²) in [7, 11) is -1.44. The minimum atomic E-state index is -2.99. The van der Waals surface area contributed by atoms with Gasteiger partial charge in [0, 0.05) is 23.6 Å². The molecule has 0 aliphatic carbocycles. The number of carbonyl (C=O) groups excluding carboxylic acids is 2. The number of rotatable bonds is 5. The number of carbonyl (C=O) groups is 2. The molecular weight excluding hydrogens is 396 g/mol. The van der Waals surface area contributed by atoms with Crippen LogP contribution < -0.4 is 5.32 Å². The molecule has 0 aromatic heterocycles. The van der Waals surface area contributed by atoms with E-state index < -0.39 is 9.84 Å². The van der Waals surface area contributed by atoms with Crippen molar-refractivity contribution in [2.24, 2.45) is 5.92 Å². The van der Waals surface area contributed by atoms with Crippen molar-refractivity contribution in [2.75, 3.05) is 30.4 Å². The second-order valence-corrected chi connectivity index (χ2v) is 9.37. The zero-order chi connectivity index (χ0) is 17.9. The molecule has 8 heteroatoms. The van der Waals surface area contributed by atoms with E-state index in [1.807, 2.05) is 19.1 Å². The van der Waals surface area contributed by atoms with Gasteiger partial charge in [0.15, 0.2) is 9.84 Å². The summed E-state index contributed by atoms with van der Waals surface area (Å²) in [6.07, 6.45) is 0.687. The lowest BCUT2D eigenvalue weighted by Gasteiger charge is -2.19. The van der Waals surface area contributed by atoms with Crippen molar-refractivity contribution in [1.82, 2.24) is 4.90 Å². The Kier molecular flexibility index (Phi) is 6.03. The molecule has 2 amide bonds. The molecule has 6 nitrogen and oxygen atoms in total. The second-order valence-electron chi connectivity index (χ2n) is 6.23. The molecule has 0 bridgehead atoms. The highest BCUT2D eigenvalue weighted by Crippen LogP contribution is 2.22. The van der Waals surface area contributed by atoms with Gasteiger partial charge in [-0.3, -0.25) is 9.59 Å². The van der Waals surface area contributed by atoms with Gasteiger partial charge in [-0.25, -0.2) is 8.42 Å². The molecule has 132 valence electrons. The van der Waals surface area contributed by atoms with E-state index in [1.165, 1.54) is 4.90 Å². The minimum absolute atomic E-state index is 0.0617. The van der Waals surface area contributed by atoms with Gasteiger partial charge in [-0.2, -0.15) is 0 Å². The van der Waals surface area contributed by atoms with Gasteiger partial charge in [-0.1, -0.05) is 15.9 Å². The molecule has 1 saturated heterocycles. The molecule has 1 unspecified atom stereocenters. The maximum atomic E-state index is 12.2. The zero-order valence-corrected chi connectivity index (χ0v) is 16.1. The summed E-state index contributed by atoms with van der Waals surface area (Å²) in [5.41, 5.74) is 1.62. The van der Waals surface area contributed by atoms with E-state index in [4.69, 9.17) is 0 Å². The van der Waals surface area contributed by atoms with E-state index in [9.17, 15) is 18.0 Å². The van der Waals surface area contributed by atoms with E-state index in [0.717, 1.165) is 10.0 Å². The van der Waals surface area contributed by atoms with Gasteiger partial charge in [0.25, 0.3) is 0 Å². The largest absolute Gasteiger partial charge is 0.336 e. The molecule has 1 aliphatic heterocycles. The summed E-state index contributed by atoms with van der Waals surface area (Å²) in [5.74, 6) is -0.411. The maximum Gasteiger partial charge on any atom is 0.243 e. The molecular formula is C16H21BrN2O4S. The molecule has 1 fully saturated rings. The lowest BCUT2D eigenvalue weighted by molar-refractivity contribution is -0.134. The summed E-state index contributed by atoms with van der Waals surface area (Å²) in [6.45, 7) is 1.82. The summed E-state index contributed by atoms with van der Waals surface area (Å²) < 4.78 is 23.8. The number of likely N-dealkylation sites (N-methyl/N-ethyl adjacent to an activating group) is 1. The van der Waals surface area contributed by atoms with Crippen molar-refractivity contribution in [2.45, 2.75) is 19.8 Å². The van der Waals surface area contributed by atoms with Crippen LogP contribution in [0.3, 0.4) is 0 Å². The minimum Gasteiger partial charge on any atom is -0.336 e. The smallest absolute Gasteiger partial charge is 0.243 e. The fraction of sp³-hybridized carbons (Fsp3) is 0.500. The maximum absolute atomic E-state index is 12.2. The van der Waals surface area contributed by atoms with Gasteiger partial charge < -0.3 is 10.2 Å². The Bertz CT molecular complexity index is 748. The Balaban J connectivity index is 1.85. The highest BCUT2D eigenvalue weighted by atomic mass is 79.9. The molecule has 1 N–H and O–H groups in total. The first-order chi connectivity index (χ1) is 11.2. The number of anilines is 1. The Morgan fingerprint density at radius 2 is 2.08 bits per heavy atom. The van der Waals surface area contributed by atoms with Gasteiger partial charge in [0.1, 0.15) is 0 Å². The molecule has 24 heavy (non-hydrogen) atoms. The van der Waals surface area contributed by atoms with Crippen LogP contribution in [0.5, 0.6) is 0 Å². The molecule has 0 saturated carbocycles. The number of aryl methyl sites for hydroxylation is 1. The fourth-order valence-electron chi connectivity index (χ4n) is 2.70. The molecule has 2 rings (SSSR count). The van der Waals surface area contributed by atoms with Crippen LogP contribution in [0.15, 0.2) is 22.7 Å². The predicted octanol–water partition coefficient (Wildman–Crippen LogP) is 1.98. The molecule has 0 radical (unpaired) electrons. The van der Waals surface area contributed by atoms with Crippen LogP contribution in [0, 0.1) is 12.8 Å². The van der Waals surface area contributed by atoms with Crippen LogP contribution in [0.2, 0.25) is 0 Å². The quantitative estimate of drug-likeness (QED) is 0.794. The third-order valence-electron chi connectivity index (χ3n) is 4.06. The van der Waals surface area contributed by atoms with Gasteiger partial charge in [-0.05, 0) is 43.0 Å². The average molecular weight is 417 g/mol. The summed E-state index contributed by atoms with van der Waals surface area (Å²) in [6, 6.07) is 5.52. The van der Waals surface area contributed by atoms with Gasteiger partial charge in [0.2, 0.25) is 11.8 Å². The number of halogens is 1. The lowest BCUT2D eigenvalue weighted by atomic mass is 10.0. The van der Waals surface area contributed by atoms with E-state index in [2.05, 4.69) is 21.2 Å². The monoisotopic (exact) mass is 416 g/mol. The van der Waals surface area contributed by atoms with Gasteiger partial charge >= 0.3 is 0 Å². The standard InChI is InChI=1S/C16H21BrN2O4S/c1-11-7-13(17)3-4-14(11)18-15(20)9-19(2)16(21)8-12-5-6-24(22,23)10-12/h3-4,7,12H,5-6,8-10H2,1-2H3,(H,18,20). The summed E-state index contributed by atoms with van der Waals surface area (Å²) in [4.78, 5) is 25.6. The van der Waals surface area contributed by atoms with Crippen LogP contribution in [-0.2, 0) is 19.4 Å². The summed E-state index contributed by atoms with van der Waals surface area (Å²) in [5, 5.41) is 2.78. The number of hydrogen-bond acceptors (Lipinski definition) is 4. The third kappa shape index (κ3) is 5.31. The van der Waals surface area contributed by atoms with Gasteiger partial charge in [-0.15, -0.1) is 0 Å². The Hall–Kier alpha value is -1.41. The average Bonchev–Trinajstić information content (AvgIpc) is 2.80. The van der Waals surface area contributed by atoms with Gasteiger partial charge in [0.05, 0.1) is 18.1 Å². The molecule has 0 spiro atoms. The molecule has 1 heterocycles. The molecule has 1 aliphatic rings. The third-order valence-corrected chi connectivity index (χ3v) is 6.39. The van der Waals surface area contributed by atoms with E-state index >= 15 is 0 Å². The molecule has 1 aromatic rings. The predicted molar refractivity (Wildman–Crippen MR) is 96.5 cm³/mol. The fourth-order valence-corrected chi connectivity index (χ4v) is 5.03. The highest BCUT2D eigenvalue weighted by Gasteiger charge is 2.30. The number of hydrogen-bond donors (Lipinski definition) is 1.